The molecule has 10 atom stereocenters. The summed E-state index contributed by atoms with van der Waals surface area (Å²) in [5, 5.41) is 24.5. The molecule has 10 rings (SSSR count). The molecule has 8 N–H and O–H groups in total. The number of nitrogens with zero attached hydrogens (tertiary/aromatic N) is 3. The fraction of sp³-hybridized carbons (Fsp3) is 0.478. The SMILES string of the molecule is CC(C(N)=O)[C@@]1(C)c2ccc(cc2)[C@]1(C(=O)NC(=O)O)N1CCCC1[C@H]1CC[C@H](C2CCCN2[C@@]2(C(=O)NC(=O)O)c3ccc(cc3)[C@]2(C)C(C)C(N)=O)N1c1ccc(F)cc1. The summed E-state index contributed by atoms with van der Waals surface area (Å²) in [6.45, 7) is 7.69. The van der Waals surface area contributed by atoms with Gasteiger partial charge in [0.1, 0.15) is 16.9 Å². The molecule has 62 heavy (non-hydrogen) atoms. The topological polar surface area (TPSA) is 229 Å². The van der Waals surface area contributed by atoms with E-state index in [9.17, 15) is 43.4 Å². The highest BCUT2D eigenvalue weighted by Crippen LogP contribution is 2.60. The lowest BCUT2D eigenvalue weighted by Crippen LogP contribution is -2.73. The van der Waals surface area contributed by atoms with Gasteiger partial charge in [-0.1, -0.05) is 76.2 Å². The summed E-state index contributed by atoms with van der Waals surface area (Å²) in [4.78, 5) is 87.4. The molecule has 4 bridgehead atoms. The highest BCUT2D eigenvalue weighted by atomic mass is 19.1. The second-order valence-electron chi connectivity index (χ2n) is 18.1. The molecule has 0 aromatic heterocycles. The van der Waals surface area contributed by atoms with Crippen LogP contribution >= 0.6 is 0 Å². The van der Waals surface area contributed by atoms with Crippen molar-refractivity contribution in [2.75, 3.05) is 18.0 Å². The van der Waals surface area contributed by atoms with E-state index in [0.29, 0.717) is 79.6 Å². The second-order valence-corrected chi connectivity index (χ2v) is 18.1. The molecule has 3 aromatic carbocycles. The molecule has 3 heterocycles. The van der Waals surface area contributed by atoms with Crippen LogP contribution in [0.3, 0.4) is 0 Å². The maximum absolute atomic E-state index is 14.9. The van der Waals surface area contributed by atoms with E-state index >= 15 is 0 Å². The number of primary amides is 2. The second kappa shape index (κ2) is 15.2. The van der Waals surface area contributed by atoms with Gasteiger partial charge in [0.15, 0.2) is 0 Å². The van der Waals surface area contributed by atoms with E-state index in [1.54, 1.807) is 64.1 Å². The zero-order valence-electron chi connectivity index (χ0n) is 35.3. The van der Waals surface area contributed by atoms with Crippen LogP contribution in [-0.2, 0) is 41.1 Å². The third-order valence-electron chi connectivity index (χ3n) is 15.9. The number of carboxylic acid groups (broad SMARTS) is 2. The van der Waals surface area contributed by atoms with Gasteiger partial charge in [0.05, 0.1) is 0 Å². The Morgan fingerprint density at radius 3 is 1.29 bits per heavy atom. The summed E-state index contributed by atoms with van der Waals surface area (Å²) in [5.41, 5.74) is 9.17. The van der Waals surface area contributed by atoms with Gasteiger partial charge < -0.3 is 26.6 Å². The molecular formula is C46H54FN7O8. The Hall–Kier alpha value is -5.87. The minimum atomic E-state index is -1.69. The number of carbonyl (C=O) groups is 6. The van der Waals surface area contributed by atoms with Gasteiger partial charge in [-0.15, -0.1) is 0 Å². The van der Waals surface area contributed by atoms with Crippen molar-refractivity contribution in [2.45, 2.75) is 112 Å². The first-order valence-corrected chi connectivity index (χ1v) is 21.3. The Morgan fingerprint density at radius 1 is 0.597 bits per heavy atom. The standard InChI is InChI=1S/C46H54FN7O8/c1-25(37(48)55)43(3)27-9-13-29(14-10-27)45(43,39(57)50-41(59)60)52-23-5-7-33(52)35-21-22-36(54(35)32-19-17-31(47)18-20-32)34-8-6-24-53(34)46(40(58)51-42(61)62)30-15-11-28(12-16-30)44(46,4)26(2)38(49)56/h9-20,25-26,33-36H,5-8,21-24H2,1-4H3,(H2,48,55)(H2,49,56)(H,50,57)(H,51,58)(H,59,60)(H,61,62)/t25?,26?,33?,34?,35-,36-,43+,44+,45-,46-/m1/s1. The van der Waals surface area contributed by atoms with E-state index in [-0.39, 0.29) is 12.1 Å². The molecule has 16 heteroatoms. The fourth-order valence-corrected chi connectivity index (χ4v) is 13.0. The number of nitrogens with one attached hydrogen (secondary N) is 2. The van der Waals surface area contributed by atoms with Crippen LogP contribution in [0.5, 0.6) is 0 Å². The summed E-state index contributed by atoms with van der Waals surface area (Å²) >= 11 is 0. The molecule has 0 spiro atoms. The Labute approximate surface area is 359 Å². The number of imide groups is 2. The van der Waals surface area contributed by atoms with Crippen LogP contribution in [0.15, 0.2) is 72.8 Å². The molecule has 328 valence electrons. The predicted octanol–water partition coefficient (Wildman–Crippen LogP) is 4.26. The van der Waals surface area contributed by atoms with Crippen molar-refractivity contribution in [3.05, 3.63) is 101 Å². The number of anilines is 1. The van der Waals surface area contributed by atoms with E-state index in [2.05, 4.69) is 25.3 Å². The zero-order chi connectivity index (χ0) is 44.7. The number of rotatable bonds is 11. The molecule has 0 radical (unpaired) electrons. The normalized spacial score (nSPS) is 32.4. The number of hydrogen-bond acceptors (Lipinski definition) is 9. The summed E-state index contributed by atoms with van der Waals surface area (Å²) in [6, 6.07) is 19.2. The number of carbonyl (C=O) groups excluding carboxylic acids is 4. The molecule has 6 amide bonds. The Kier molecular flexibility index (Phi) is 10.5. The Morgan fingerprint density at radius 2 is 0.952 bits per heavy atom. The van der Waals surface area contributed by atoms with Gasteiger partial charge in [-0.05, 0) is 98.1 Å². The molecule has 3 saturated heterocycles. The molecule has 7 aliphatic rings. The van der Waals surface area contributed by atoms with Gasteiger partial charge in [-0.2, -0.15) is 0 Å². The lowest BCUT2D eigenvalue weighted by atomic mass is 9.53. The molecular weight excluding hydrogens is 798 g/mol. The Bertz CT molecular complexity index is 2190. The number of benzene rings is 3. The van der Waals surface area contributed by atoms with E-state index in [1.807, 2.05) is 24.3 Å². The lowest BCUT2D eigenvalue weighted by Gasteiger charge is -2.60. The number of nitrogens with two attached hydrogens (primary N) is 2. The first-order valence-electron chi connectivity index (χ1n) is 21.3. The average molecular weight is 852 g/mol. The van der Waals surface area contributed by atoms with Gasteiger partial charge in [0, 0.05) is 52.5 Å². The molecule has 3 aromatic rings. The van der Waals surface area contributed by atoms with Crippen LogP contribution in [0.4, 0.5) is 19.7 Å². The Balaban J connectivity index is 1.28. The largest absolute Gasteiger partial charge is 0.465 e. The number of likely N-dealkylation sites (tertiary alicyclic amines) is 2. The van der Waals surface area contributed by atoms with E-state index in [1.165, 1.54) is 12.1 Å². The number of fused-ring (bicyclic) bond motifs is 6. The van der Waals surface area contributed by atoms with Crippen LogP contribution < -0.4 is 27.0 Å². The first-order chi connectivity index (χ1) is 29.4. The number of halogens is 1. The highest BCUT2D eigenvalue weighted by Gasteiger charge is 2.69. The molecule has 4 aliphatic carbocycles. The summed E-state index contributed by atoms with van der Waals surface area (Å²) in [5.74, 6) is -5.18. The quantitative estimate of drug-likeness (QED) is 0.160. The maximum Gasteiger partial charge on any atom is 0.411 e. The van der Waals surface area contributed by atoms with Crippen molar-refractivity contribution in [3.63, 3.8) is 0 Å². The van der Waals surface area contributed by atoms with E-state index < -0.39 is 87.5 Å². The molecule has 3 fully saturated rings. The highest BCUT2D eigenvalue weighted by molar-refractivity contribution is 6.01. The number of amides is 6. The summed E-state index contributed by atoms with van der Waals surface area (Å²) in [7, 11) is 0. The van der Waals surface area contributed by atoms with Gasteiger partial charge in [-0.25, -0.2) is 14.0 Å². The van der Waals surface area contributed by atoms with Crippen molar-refractivity contribution < 1.29 is 43.4 Å². The van der Waals surface area contributed by atoms with E-state index in [4.69, 9.17) is 11.5 Å². The van der Waals surface area contributed by atoms with Crippen LogP contribution in [-0.4, -0.2) is 93.1 Å². The van der Waals surface area contributed by atoms with Gasteiger partial charge >= 0.3 is 12.2 Å². The van der Waals surface area contributed by atoms with Crippen molar-refractivity contribution in [2.24, 2.45) is 23.3 Å². The minimum Gasteiger partial charge on any atom is -0.465 e. The van der Waals surface area contributed by atoms with Crippen LogP contribution in [0, 0.1) is 17.7 Å². The van der Waals surface area contributed by atoms with Crippen LogP contribution in [0.1, 0.15) is 88.5 Å². The van der Waals surface area contributed by atoms with Gasteiger partial charge in [0.25, 0.3) is 11.8 Å². The van der Waals surface area contributed by atoms with Crippen LogP contribution in [0.2, 0.25) is 0 Å². The van der Waals surface area contributed by atoms with Crippen molar-refractivity contribution in [1.29, 1.82) is 0 Å². The van der Waals surface area contributed by atoms with Crippen molar-refractivity contribution in [1.82, 2.24) is 20.4 Å². The molecule has 4 unspecified atom stereocenters. The van der Waals surface area contributed by atoms with Crippen LogP contribution in [0.25, 0.3) is 0 Å². The fourth-order valence-electron chi connectivity index (χ4n) is 13.0. The van der Waals surface area contributed by atoms with Gasteiger partial charge in [0.2, 0.25) is 11.8 Å². The molecule has 15 nitrogen and oxygen atoms in total. The monoisotopic (exact) mass is 851 g/mol. The van der Waals surface area contributed by atoms with Gasteiger partial charge in [-0.3, -0.25) is 39.6 Å². The first kappa shape index (κ1) is 42.8. The summed E-state index contributed by atoms with van der Waals surface area (Å²) in [6.07, 6.45) is 0.517. The van der Waals surface area contributed by atoms with E-state index in [0.717, 1.165) is 0 Å². The van der Waals surface area contributed by atoms with Crippen molar-refractivity contribution in [3.8, 4) is 0 Å². The minimum absolute atomic E-state index is 0.360. The lowest BCUT2D eigenvalue weighted by molar-refractivity contribution is -0.148. The maximum atomic E-state index is 14.9. The number of hydrogen-bond donors (Lipinski definition) is 6. The smallest absolute Gasteiger partial charge is 0.411 e. The molecule has 3 aliphatic heterocycles. The average Bonchev–Trinajstić information content (AvgIpc) is 4.02. The third-order valence-corrected chi connectivity index (χ3v) is 15.9. The third kappa shape index (κ3) is 5.74. The predicted molar refractivity (Wildman–Crippen MR) is 225 cm³/mol. The van der Waals surface area contributed by atoms with Crippen molar-refractivity contribution >= 4 is 41.5 Å². The zero-order valence-corrected chi connectivity index (χ0v) is 35.3. The molecule has 0 saturated carbocycles. The summed E-state index contributed by atoms with van der Waals surface area (Å²) < 4.78 is 14.8.